The molecule has 0 radical (unpaired) electrons. The summed E-state index contributed by atoms with van der Waals surface area (Å²) in [4.78, 5) is 0. The van der Waals surface area contributed by atoms with Crippen molar-refractivity contribution in [2.75, 3.05) is 19.8 Å². The molecule has 1 fully saturated rings. The molecule has 29 heavy (non-hydrogen) atoms. The first-order valence-electron chi connectivity index (χ1n) is 12.1. The monoisotopic (exact) mass is 414 g/mol. The lowest BCUT2D eigenvalue weighted by Crippen LogP contribution is -2.41. The van der Waals surface area contributed by atoms with Gasteiger partial charge in [0.2, 0.25) is 0 Å². The highest BCUT2D eigenvalue weighted by molar-refractivity contribution is 4.88. The van der Waals surface area contributed by atoms with Gasteiger partial charge >= 0.3 is 0 Å². The highest BCUT2D eigenvalue weighted by Gasteiger charge is 2.40. The SMILES string of the molecule is CCCCC/C=C/CCCCCCCCCCCO[C@@H]1CO[C@@H]([C@@H](O)CO)[C@H]1O. The normalized spacial score (nSPS) is 23.2. The smallest absolute Gasteiger partial charge is 0.114 e. The number of allylic oxidation sites excluding steroid dienone is 2. The van der Waals surface area contributed by atoms with Gasteiger partial charge in [0, 0.05) is 6.61 Å². The second kappa shape index (κ2) is 18.3. The minimum atomic E-state index is -1.05. The lowest BCUT2D eigenvalue weighted by atomic mass is 10.1. The minimum absolute atomic E-state index is 0.275. The van der Waals surface area contributed by atoms with Crippen molar-refractivity contribution in [3.63, 3.8) is 0 Å². The third kappa shape index (κ3) is 12.7. The van der Waals surface area contributed by atoms with Crippen molar-refractivity contribution in [3.05, 3.63) is 12.2 Å². The second-order valence-corrected chi connectivity index (χ2v) is 8.39. The Balaban J connectivity index is 1.82. The molecular weight excluding hydrogens is 368 g/mol. The number of hydrogen-bond donors (Lipinski definition) is 3. The van der Waals surface area contributed by atoms with E-state index in [0.717, 1.165) is 12.8 Å². The summed E-state index contributed by atoms with van der Waals surface area (Å²) in [5.41, 5.74) is 0. The number of aliphatic hydroxyl groups excluding tert-OH is 3. The van der Waals surface area contributed by atoms with Crippen molar-refractivity contribution in [1.29, 1.82) is 0 Å². The Morgan fingerprint density at radius 3 is 2.03 bits per heavy atom. The Morgan fingerprint density at radius 1 is 0.897 bits per heavy atom. The van der Waals surface area contributed by atoms with Crippen molar-refractivity contribution in [1.82, 2.24) is 0 Å². The Morgan fingerprint density at radius 2 is 1.45 bits per heavy atom. The van der Waals surface area contributed by atoms with Crippen molar-refractivity contribution in [3.8, 4) is 0 Å². The zero-order valence-corrected chi connectivity index (χ0v) is 18.6. The van der Waals surface area contributed by atoms with E-state index in [1.54, 1.807) is 0 Å². The van der Waals surface area contributed by atoms with E-state index >= 15 is 0 Å². The first-order valence-corrected chi connectivity index (χ1v) is 12.1. The van der Waals surface area contributed by atoms with E-state index in [1.807, 2.05) is 0 Å². The summed E-state index contributed by atoms with van der Waals surface area (Å²) >= 11 is 0. The number of ether oxygens (including phenoxy) is 2. The van der Waals surface area contributed by atoms with Crippen LogP contribution >= 0.6 is 0 Å². The molecule has 0 saturated carbocycles. The number of aliphatic hydroxyl groups is 3. The summed E-state index contributed by atoms with van der Waals surface area (Å²) in [6.07, 6.45) is 19.5. The van der Waals surface area contributed by atoms with Crippen molar-refractivity contribution in [2.45, 2.75) is 121 Å². The van der Waals surface area contributed by atoms with Gasteiger partial charge in [-0.15, -0.1) is 0 Å². The zero-order valence-electron chi connectivity index (χ0n) is 18.6. The summed E-state index contributed by atoms with van der Waals surface area (Å²) < 4.78 is 11.0. The van der Waals surface area contributed by atoms with E-state index in [1.165, 1.54) is 77.0 Å². The molecule has 5 nitrogen and oxygen atoms in total. The quantitative estimate of drug-likeness (QED) is 0.214. The maximum Gasteiger partial charge on any atom is 0.114 e. The molecule has 0 unspecified atom stereocenters. The van der Waals surface area contributed by atoms with Crippen molar-refractivity contribution in [2.24, 2.45) is 0 Å². The first-order chi connectivity index (χ1) is 14.2. The van der Waals surface area contributed by atoms with E-state index in [-0.39, 0.29) is 6.61 Å². The molecule has 1 saturated heterocycles. The first kappa shape index (κ1) is 26.6. The Kier molecular flexibility index (Phi) is 16.8. The Bertz CT molecular complexity index is 387. The van der Waals surface area contributed by atoms with Crippen LogP contribution in [0.2, 0.25) is 0 Å². The molecule has 0 aromatic heterocycles. The molecule has 0 spiro atoms. The van der Waals surface area contributed by atoms with Gasteiger partial charge in [0.1, 0.15) is 24.4 Å². The third-order valence-corrected chi connectivity index (χ3v) is 5.72. The Labute approximate surface area is 178 Å². The van der Waals surface area contributed by atoms with Gasteiger partial charge in [-0.05, 0) is 32.1 Å². The van der Waals surface area contributed by atoms with Crippen LogP contribution in [0, 0.1) is 0 Å². The zero-order chi connectivity index (χ0) is 21.2. The largest absolute Gasteiger partial charge is 0.394 e. The van der Waals surface area contributed by atoms with Gasteiger partial charge in [-0.2, -0.15) is 0 Å². The van der Waals surface area contributed by atoms with E-state index in [4.69, 9.17) is 14.6 Å². The van der Waals surface area contributed by atoms with Gasteiger partial charge in [-0.3, -0.25) is 0 Å². The van der Waals surface area contributed by atoms with Crippen LogP contribution in [0.5, 0.6) is 0 Å². The summed E-state index contributed by atoms with van der Waals surface area (Å²) in [5, 5.41) is 28.6. The second-order valence-electron chi connectivity index (χ2n) is 8.39. The third-order valence-electron chi connectivity index (χ3n) is 5.72. The number of hydrogen-bond acceptors (Lipinski definition) is 5. The summed E-state index contributed by atoms with van der Waals surface area (Å²) in [6, 6.07) is 0. The van der Waals surface area contributed by atoms with E-state index in [2.05, 4.69) is 19.1 Å². The summed E-state index contributed by atoms with van der Waals surface area (Å²) in [5.74, 6) is 0. The lowest BCUT2D eigenvalue weighted by Gasteiger charge is -2.20. The molecule has 1 aliphatic rings. The molecule has 4 atom stereocenters. The predicted molar refractivity (Wildman–Crippen MR) is 118 cm³/mol. The maximum atomic E-state index is 10.1. The van der Waals surface area contributed by atoms with Gasteiger partial charge in [-0.25, -0.2) is 0 Å². The van der Waals surface area contributed by atoms with Crippen LogP contribution in [0.15, 0.2) is 12.2 Å². The van der Waals surface area contributed by atoms with E-state index < -0.39 is 31.0 Å². The van der Waals surface area contributed by atoms with Crippen LogP contribution in [-0.2, 0) is 9.47 Å². The fourth-order valence-corrected chi connectivity index (χ4v) is 3.79. The number of rotatable bonds is 19. The van der Waals surface area contributed by atoms with Gasteiger partial charge in [0.15, 0.2) is 0 Å². The van der Waals surface area contributed by atoms with Gasteiger partial charge < -0.3 is 24.8 Å². The molecule has 5 heteroatoms. The average molecular weight is 415 g/mol. The topological polar surface area (TPSA) is 79.2 Å². The maximum absolute atomic E-state index is 10.1. The van der Waals surface area contributed by atoms with Crippen LogP contribution in [0.3, 0.4) is 0 Å². The van der Waals surface area contributed by atoms with Crippen molar-refractivity contribution >= 4 is 0 Å². The molecule has 0 bridgehead atoms. The lowest BCUT2D eigenvalue weighted by molar-refractivity contribution is -0.0730. The molecule has 172 valence electrons. The van der Waals surface area contributed by atoms with Crippen molar-refractivity contribution < 1.29 is 24.8 Å². The van der Waals surface area contributed by atoms with Crippen LogP contribution in [0.4, 0.5) is 0 Å². The molecule has 1 rings (SSSR count). The standard InChI is InChI=1S/C24H46O5/c1-2-3-4-5-6-7-8-9-10-11-12-13-14-15-16-17-18-28-22-20-29-24(23(22)27)21(26)19-25/h6-7,21-27H,2-5,8-20H2,1H3/b7-6+/t21-,22+,23-,24-/m0/s1. The van der Waals surface area contributed by atoms with Crippen LogP contribution in [0.25, 0.3) is 0 Å². The molecule has 0 aliphatic carbocycles. The van der Waals surface area contributed by atoms with E-state index in [0.29, 0.717) is 6.61 Å². The average Bonchev–Trinajstić information content (AvgIpc) is 3.10. The summed E-state index contributed by atoms with van der Waals surface area (Å²) in [7, 11) is 0. The highest BCUT2D eigenvalue weighted by Crippen LogP contribution is 2.20. The molecule has 0 aromatic rings. The van der Waals surface area contributed by atoms with Gasteiger partial charge in [0.25, 0.3) is 0 Å². The fourth-order valence-electron chi connectivity index (χ4n) is 3.79. The van der Waals surface area contributed by atoms with Crippen LogP contribution in [-0.4, -0.2) is 59.6 Å². The predicted octanol–water partition coefficient (Wildman–Crippen LogP) is 4.52. The van der Waals surface area contributed by atoms with Gasteiger partial charge in [-0.1, -0.05) is 76.9 Å². The summed E-state index contributed by atoms with van der Waals surface area (Å²) in [6.45, 7) is 2.72. The molecule has 3 N–H and O–H groups in total. The molecule has 0 amide bonds. The minimum Gasteiger partial charge on any atom is -0.394 e. The Hall–Kier alpha value is -0.460. The van der Waals surface area contributed by atoms with E-state index in [9.17, 15) is 10.2 Å². The van der Waals surface area contributed by atoms with Crippen LogP contribution in [0.1, 0.15) is 96.8 Å². The van der Waals surface area contributed by atoms with Crippen LogP contribution < -0.4 is 0 Å². The molecular formula is C24H46O5. The number of unbranched alkanes of at least 4 members (excludes halogenated alkanes) is 12. The fraction of sp³-hybridized carbons (Fsp3) is 0.917. The van der Waals surface area contributed by atoms with Gasteiger partial charge in [0.05, 0.1) is 13.2 Å². The molecule has 1 heterocycles. The molecule has 1 aliphatic heterocycles. The highest BCUT2D eigenvalue weighted by atomic mass is 16.6. The molecule has 0 aromatic carbocycles.